The second-order valence-corrected chi connectivity index (χ2v) is 4.36. The first-order valence-electron chi connectivity index (χ1n) is 5.32. The monoisotopic (exact) mass is 230 g/mol. The number of nitrogens with zero attached hydrogens (tertiary/aromatic N) is 1. The van der Waals surface area contributed by atoms with E-state index in [9.17, 15) is 4.79 Å². The number of aromatic nitrogens is 1. The van der Waals surface area contributed by atoms with Gasteiger partial charge in [0.15, 0.2) is 5.60 Å². The molecule has 0 unspecified atom stereocenters. The van der Waals surface area contributed by atoms with Gasteiger partial charge < -0.3 is 10.5 Å². The van der Waals surface area contributed by atoms with Crippen molar-refractivity contribution in [3.63, 3.8) is 0 Å². The summed E-state index contributed by atoms with van der Waals surface area (Å²) in [6.45, 7) is 3.29. The maximum absolute atomic E-state index is 11.2. The minimum atomic E-state index is -1.01. The zero-order valence-corrected chi connectivity index (χ0v) is 9.81. The molecule has 0 aliphatic heterocycles. The van der Waals surface area contributed by atoms with Crippen LogP contribution in [0.4, 0.5) is 0 Å². The fourth-order valence-electron chi connectivity index (χ4n) is 1.47. The van der Waals surface area contributed by atoms with Crippen LogP contribution in [0.1, 0.15) is 13.8 Å². The number of carbonyl (C=O) groups is 1. The van der Waals surface area contributed by atoms with Crippen LogP contribution >= 0.6 is 0 Å². The highest BCUT2D eigenvalue weighted by Gasteiger charge is 2.26. The predicted molar refractivity (Wildman–Crippen MR) is 65.6 cm³/mol. The van der Waals surface area contributed by atoms with E-state index in [0.717, 1.165) is 10.8 Å². The smallest absolute Gasteiger partial charge is 0.261 e. The molecule has 0 aliphatic rings. The van der Waals surface area contributed by atoms with Crippen LogP contribution < -0.4 is 10.5 Å². The first kappa shape index (κ1) is 11.4. The quantitative estimate of drug-likeness (QED) is 0.875. The maximum Gasteiger partial charge on any atom is 0.261 e. The van der Waals surface area contributed by atoms with E-state index in [1.165, 1.54) is 0 Å². The van der Waals surface area contributed by atoms with Crippen molar-refractivity contribution in [3.8, 4) is 5.75 Å². The summed E-state index contributed by atoms with van der Waals surface area (Å²) in [6.07, 6.45) is 3.49. The van der Waals surface area contributed by atoms with Gasteiger partial charge in [0.25, 0.3) is 5.91 Å². The molecule has 0 spiro atoms. The van der Waals surface area contributed by atoms with Gasteiger partial charge in [-0.1, -0.05) is 0 Å². The summed E-state index contributed by atoms with van der Waals surface area (Å²) < 4.78 is 5.58. The Morgan fingerprint density at radius 2 is 2.06 bits per heavy atom. The molecule has 0 fully saturated rings. The van der Waals surface area contributed by atoms with Crippen LogP contribution in [0.3, 0.4) is 0 Å². The molecule has 88 valence electrons. The summed E-state index contributed by atoms with van der Waals surface area (Å²) in [6, 6.07) is 7.45. The maximum atomic E-state index is 11.2. The van der Waals surface area contributed by atoms with Crippen molar-refractivity contribution in [2.24, 2.45) is 5.73 Å². The third kappa shape index (κ3) is 2.36. The molecule has 1 aromatic carbocycles. The first-order chi connectivity index (χ1) is 7.99. The Hall–Kier alpha value is -2.10. The Balaban J connectivity index is 2.34. The van der Waals surface area contributed by atoms with E-state index in [4.69, 9.17) is 10.5 Å². The molecular formula is C13H14N2O2. The Morgan fingerprint density at radius 3 is 2.76 bits per heavy atom. The van der Waals surface area contributed by atoms with Gasteiger partial charge in [0.05, 0.1) is 0 Å². The lowest BCUT2D eigenvalue weighted by atomic mass is 10.1. The minimum absolute atomic E-state index is 0.493. The van der Waals surface area contributed by atoms with Crippen molar-refractivity contribution in [1.82, 2.24) is 4.98 Å². The van der Waals surface area contributed by atoms with E-state index < -0.39 is 11.5 Å². The van der Waals surface area contributed by atoms with Crippen LogP contribution in [0, 0.1) is 0 Å². The summed E-state index contributed by atoms with van der Waals surface area (Å²) in [7, 11) is 0. The number of hydrogen-bond acceptors (Lipinski definition) is 3. The first-order valence-corrected chi connectivity index (χ1v) is 5.32. The third-order valence-corrected chi connectivity index (χ3v) is 2.58. The highest BCUT2D eigenvalue weighted by molar-refractivity contribution is 5.84. The molecule has 4 nitrogen and oxygen atoms in total. The topological polar surface area (TPSA) is 65.2 Å². The van der Waals surface area contributed by atoms with Gasteiger partial charge in [-0.25, -0.2) is 0 Å². The van der Waals surface area contributed by atoms with Gasteiger partial charge in [0.1, 0.15) is 5.75 Å². The van der Waals surface area contributed by atoms with Crippen LogP contribution in [-0.2, 0) is 4.79 Å². The summed E-state index contributed by atoms with van der Waals surface area (Å²) in [5, 5.41) is 2.04. The average molecular weight is 230 g/mol. The minimum Gasteiger partial charge on any atom is -0.478 e. The van der Waals surface area contributed by atoms with Crippen LogP contribution in [-0.4, -0.2) is 16.5 Å². The molecule has 0 radical (unpaired) electrons. The van der Waals surface area contributed by atoms with Gasteiger partial charge >= 0.3 is 0 Å². The van der Waals surface area contributed by atoms with Gasteiger partial charge in [0.2, 0.25) is 0 Å². The Morgan fingerprint density at radius 1 is 1.29 bits per heavy atom. The molecule has 2 rings (SSSR count). The lowest BCUT2D eigenvalue weighted by Crippen LogP contribution is -2.43. The van der Waals surface area contributed by atoms with Crippen molar-refractivity contribution in [1.29, 1.82) is 0 Å². The standard InChI is InChI=1S/C13H14N2O2/c1-13(2,12(14)16)17-11-4-3-10-8-15-6-5-9(10)7-11/h3-8H,1-2H3,(H2,14,16). The van der Waals surface area contributed by atoms with Gasteiger partial charge in [-0.2, -0.15) is 0 Å². The van der Waals surface area contributed by atoms with Gasteiger partial charge in [-0.15, -0.1) is 0 Å². The van der Waals surface area contributed by atoms with Crippen molar-refractivity contribution >= 4 is 16.7 Å². The molecule has 0 aliphatic carbocycles. The van der Waals surface area contributed by atoms with Crippen molar-refractivity contribution < 1.29 is 9.53 Å². The van der Waals surface area contributed by atoms with Crippen LogP contribution in [0.5, 0.6) is 5.75 Å². The molecule has 1 heterocycles. The van der Waals surface area contributed by atoms with Crippen molar-refractivity contribution in [2.75, 3.05) is 0 Å². The number of pyridine rings is 1. The molecule has 0 saturated heterocycles. The number of amides is 1. The lowest BCUT2D eigenvalue weighted by Gasteiger charge is -2.22. The summed E-state index contributed by atoms with van der Waals surface area (Å²) in [4.78, 5) is 15.2. The van der Waals surface area contributed by atoms with Gasteiger partial charge in [-0.05, 0) is 43.5 Å². The molecular weight excluding hydrogens is 216 g/mol. The number of ether oxygens (including phenoxy) is 1. The number of carbonyl (C=O) groups excluding carboxylic acids is 1. The Bertz CT molecular complexity index is 564. The SMILES string of the molecule is CC(C)(Oc1ccc2cnccc2c1)C(N)=O. The molecule has 0 bridgehead atoms. The molecule has 0 saturated carbocycles. The van der Waals surface area contributed by atoms with Gasteiger partial charge in [-0.3, -0.25) is 9.78 Å². The normalized spacial score (nSPS) is 11.4. The van der Waals surface area contributed by atoms with Crippen LogP contribution in [0.2, 0.25) is 0 Å². The number of primary amides is 1. The average Bonchev–Trinajstić information content (AvgIpc) is 2.28. The van der Waals surface area contributed by atoms with Crippen LogP contribution in [0.15, 0.2) is 36.7 Å². The predicted octanol–water partition coefficient (Wildman–Crippen LogP) is 1.88. The summed E-state index contributed by atoms with van der Waals surface area (Å²) >= 11 is 0. The van der Waals surface area contributed by atoms with E-state index in [1.54, 1.807) is 32.3 Å². The highest BCUT2D eigenvalue weighted by Crippen LogP contribution is 2.23. The number of hydrogen-bond donors (Lipinski definition) is 1. The number of fused-ring (bicyclic) bond motifs is 1. The molecule has 1 aromatic heterocycles. The number of nitrogens with two attached hydrogens (primary N) is 1. The fourth-order valence-corrected chi connectivity index (χ4v) is 1.47. The number of benzene rings is 1. The largest absolute Gasteiger partial charge is 0.478 e. The fraction of sp³-hybridized carbons (Fsp3) is 0.231. The summed E-state index contributed by atoms with van der Waals surface area (Å²) in [5.74, 6) is 0.125. The lowest BCUT2D eigenvalue weighted by molar-refractivity contribution is -0.130. The Kier molecular flexibility index (Phi) is 2.71. The Labute approximate surface area is 99.4 Å². The second kappa shape index (κ2) is 4.05. The molecule has 1 amide bonds. The van der Waals surface area contributed by atoms with E-state index in [-0.39, 0.29) is 0 Å². The molecule has 0 atom stereocenters. The molecule has 2 aromatic rings. The molecule has 2 N–H and O–H groups in total. The third-order valence-electron chi connectivity index (χ3n) is 2.58. The summed E-state index contributed by atoms with van der Waals surface area (Å²) in [5.41, 5.74) is 4.24. The van der Waals surface area contributed by atoms with Crippen LogP contribution in [0.25, 0.3) is 10.8 Å². The van der Waals surface area contributed by atoms with Crippen molar-refractivity contribution in [2.45, 2.75) is 19.4 Å². The molecule has 4 heteroatoms. The zero-order valence-electron chi connectivity index (χ0n) is 9.81. The van der Waals surface area contributed by atoms with E-state index in [1.807, 2.05) is 18.2 Å². The zero-order chi connectivity index (χ0) is 12.5. The van der Waals surface area contributed by atoms with Gasteiger partial charge in [0, 0.05) is 17.8 Å². The molecule has 17 heavy (non-hydrogen) atoms. The van der Waals surface area contributed by atoms with E-state index in [0.29, 0.717) is 5.75 Å². The highest BCUT2D eigenvalue weighted by atomic mass is 16.5. The van der Waals surface area contributed by atoms with E-state index >= 15 is 0 Å². The number of rotatable bonds is 3. The van der Waals surface area contributed by atoms with E-state index in [2.05, 4.69) is 4.98 Å². The van der Waals surface area contributed by atoms with Crippen molar-refractivity contribution in [3.05, 3.63) is 36.7 Å². The second-order valence-electron chi connectivity index (χ2n) is 4.36.